The van der Waals surface area contributed by atoms with E-state index in [4.69, 9.17) is 4.42 Å². The van der Waals surface area contributed by atoms with Crippen LogP contribution in [0.5, 0.6) is 0 Å². The van der Waals surface area contributed by atoms with Crippen LogP contribution in [-0.2, 0) is 6.54 Å². The van der Waals surface area contributed by atoms with E-state index < -0.39 is 0 Å². The van der Waals surface area contributed by atoms with Gasteiger partial charge in [0.2, 0.25) is 0 Å². The summed E-state index contributed by atoms with van der Waals surface area (Å²) in [4.78, 5) is 5.21. The third-order valence-electron chi connectivity index (χ3n) is 4.21. The van der Waals surface area contributed by atoms with Gasteiger partial charge in [-0.1, -0.05) is 0 Å². The average molecular weight is 299 g/mol. The first kappa shape index (κ1) is 11.8. The third-order valence-corrected chi connectivity index (χ3v) is 4.64. The molecule has 0 bridgehead atoms. The van der Waals surface area contributed by atoms with Gasteiger partial charge >= 0.3 is 0 Å². The van der Waals surface area contributed by atoms with Gasteiger partial charge in [0.05, 0.1) is 6.54 Å². The first-order chi connectivity index (χ1) is 8.24. The molecule has 3 nitrogen and oxygen atoms in total. The molecule has 0 unspecified atom stereocenters. The summed E-state index contributed by atoms with van der Waals surface area (Å²) in [6, 6.07) is 5.46. The zero-order chi connectivity index (χ0) is 11.8. The fraction of sp³-hybridized carbons (Fsp3) is 0.692. The molecule has 2 saturated heterocycles. The maximum Gasteiger partial charge on any atom is 0.169 e. The van der Waals surface area contributed by atoms with Crippen LogP contribution < -0.4 is 0 Å². The molecule has 0 amide bonds. The minimum Gasteiger partial charge on any atom is -0.453 e. The fourth-order valence-electron chi connectivity index (χ4n) is 3.24. The highest BCUT2D eigenvalue weighted by atomic mass is 79.9. The van der Waals surface area contributed by atoms with Gasteiger partial charge in [-0.3, -0.25) is 9.80 Å². The van der Waals surface area contributed by atoms with Crippen molar-refractivity contribution in [2.45, 2.75) is 38.4 Å². The van der Waals surface area contributed by atoms with Crippen LogP contribution in [0.3, 0.4) is 0 Å². The SMILES string of the molecule is C[C@H]1[C@@H]2CCCN2CCN1Cc1ccc(Br)o1. The van der Waals surface area contributed by atoms with Crippen molar-refractivity contribution in [2.24, 2.45) is 0 Å². The van der Waals surface area contributed by atoms with Gasteiger partial charge < -0.3 is 4.42 Å². The number of piperazine rings is 1. The quantitative estimate of drug-likeness (QED) is 0.837. The monoisotopic (exact) mass is 298 g/mol. The van der Waals surface area contributed by atoms with Crippen molar-refractivity contribution in [2.75, 3.05) is 19.6 Å². The van der Waals surface area contributed by atoms with Crippen LogP contribution in [-0.4, -0.2) is 41.5 Å². The maximum absolute atomic E-state index is 5.61. The average Bonchev–Trinajstić information content (AvgIpc) is 2.92. The topological polar surface area (TPSA) is 19.6 Å². The molecule has 2 atom stereocenters. The fourth-order valence-corrected chi connectivity index (χ4v) is 3.58. The molecule has 0 aliphatic carbocycles. The molecule has 4 heteroatoms. The summed E-state index contributed by atoms with van der Waals surface area (Å²) in [6.07, 6.45) is 2.73. The van der Waals surface area contributed by atoms with Crippen molar-refractivity contribution in [1.29, 1.82) is 0 Å². The lowest BCUT2D eigenvalue weighted by Crippen LogP contribution is -2.55. The molecule has 0 saturated carbocycles. The van der Waals surface area contributed by atoms with Crippen molar-refractivity contribution < 1.29 is 4.42 Å². The summed E-state index contributed by atoms with van der Waals surface area (Å²) in [6.45, 7) is 6.99. The highest BCUT2D eigenvalue weighted by Gasteiger charge is 2.36. The largest absolute Gasteiger partial charge is 0.453 e. The van der Waals surface area contributed by atoms with Crippen molar-refractivity contribution in [3.8, 4) is 0 Å². The van der Waals surface area contributed by atoms with E-state index in [2.05, 4.69) is 38.7 Å². The third kappa shape index (κ3) is 2.30. The molecule has 2 aliphatic rings. The number of halogens is 1. The summed E-state index contributed by atoms with van der Waals surface area (Å²) < 4.78 is 6.44. The van der Waals surface area contributed by atoms with E-state index in [9.17, 15) is 0 Å². The Bertz CT molecular complexity index is 393. The van der Waals surface area contributed by atoms with E-state index in [-0.39, 0.29) is 0 Å². The number of furan rings is 1. The Morgan fingerprint density at radius 2 is 2.24 bits per heavy atom. The van der Waals surface area contributed by atoms with Crippen molar-refractivity contribution in [1.82, 2.24) is 9.80 Å². The second kappa shape index (κ2) is 4.75. The number of hydrogen-bond donors (Lipinski definition) is 0. The lowest BCUT2D eigenvalue weighted by atomic mass is 10.0. The molecule has 0 aromatic carbocycles. The minimum absolute atomic E-state index is 0.648. The van der Waals surface area contributed by atoms with Gasteiger partial charge in [-0.05, 0) is 54.4 Å². The van der Waals surface area contributed by atoms with E-state index in [1.165, 1.54) is 25.9 Å². The molecular formula is C13H19BrN2O. The lowest BCUT2D eigenvalue weighted by Gasteiger charge is -2.42. The molecule has 2 aliphatic heterocycles. The molecule has 3 rings (SSSR count). The molecule has 2 fully saturated rings. The normalized spacial score (nSPS) is 30.7. The van der Waals surface area contributed by atoms with Gasteiger partial charge in [-0.2, -0.15) is 0 Å². The van der Waals surface area contributed by atoms with Crippen molar-refractivity contribution in [3.63, 3.8) is 0 Å². The summed E-state index contributed by atoms with van der Waals surface area (Å²) in [5.41, 5.74) is 0. The van der Waals surface area contributed by atoms with Gasteiger partial charge in [0.1, 0.15) is 5.76 Å². The van der Waals surface area contributed by atoms with E-state index in [1.54, 1.807) is 0 Å². The predicted octanol–water partition coefficient (Wildman–Crippen LogP) is 2.71. The van der Waals surface area contributed by atoms with Gasteiger partial charge in [0, 0.05) is 25.2 Å². The molecule has 94 valence electrons. The van der Waals surface area contributed by atoms with Crippen LogP contribution in [0, 0.1) is 0 Å². The van der Waals surface area contributed by atoms with E-state index in [1.807, 2.05) is 6.07 Å². The molecule has 0 radical (unpaired) electrons. The summed E-state index contributed by atoms with van der Waals surface area (Å²) in [5.74, 6) is 1.06. The zero-order valence-corrected chi connectivity index (χ0v) is 11.8. The van der Waals surface area contributed by atoms with E-state index >= 15 is 0 Å². The molecule has 1 aromatic heterocycles. The first-order valence-corrected chi connectivity index (χ1v) is 7.25. The second-order valence-corrected chi connectivity index (χ2v) is 5.94. The summed E-state index contributed by atoms with van der Waals surface area (Å²) >= 11 is 3.36. The van der Waals surface area contributed by atoms with Gasteiger partial charge in [0.25, 0.3) is 0 Å². The molecule has 17 heavy (non-hydrogen) atoms. The van der Waals surface area contributed by atoms with Crippen molar-refractivity contribution in [3.05, 3.63) is 22.6 Å². The molecular weight excluding hydrogens is 280 g/mol. The van der Waals surface area contributed by atoms with Gasteiger partial charge in [-0.15, -0.1) is 0 Å². The minimum atomic E-state index is 0.648. The Hall–Kier alpha value is -0.320. The molecule has 1 aromatic rings. The summed E-state index contributed by atoms with van der Waals surface area (Å²) in [5, 5.41) is 0. The smallest absolute Gasteiger partial charge is 0.169 e. The van der Waals surface area contributed by atoms with E-state index in [0.717, 1.165) is 29.6 Å². The van der Waals surface area contributed by atoms with Crippen LogP contribution >= 0.6 is 15.9 Å². The predicted molar refractivity (Wildman–Crippen MR) is 70.9 cm³/mol. The van der Waals surface area contributed by atoms with Crippen LogP contribution in [0.4, 0.5) is 0 Å². The number of fused-ring (bicyclic) bond motifs is 1. The van der Waals surface area contributed by atoms with E-state index in [0.29, 0.717) is 6.04 Å². The molecule has 0 spiro atoms. The van der Waals surface area contributed by atoms with Crippen LogP contribution in [0.15, 0.2) is 21.2 Å². The zero-order valence-electron chi connectivity index (χ0n) is 10.2. The Balaban J connectivity index is 1.67. The molecule has 3 heterocycles. The first-order valence-electron chi connectivity index (χ1n) is 6.46. The standard InChI is InChI=1S/C13H19BrN2O/c1-10-12-3-2-6-15(12)7-8-16(10)9-11-4-5-13(14)17-11/h4-5,10,12H,2-3,6-9H2,1H3/t10-,12-/m0/s1. The number of hydrogen-bond acceptors (Lipinski definition) is 3. The Morgan fingerprint density at radius 3 is 3.00 bits per heavy atom. The summed E-state index contributed by atoms with van der Waals surface area (Å²) in [7, 11) is 0. The van der Waals surface area contributed by atoms with Gasteiger partial charge in [0.15, 0.2) is 4.67 Å². The number of nitrogens with zero attached hydrogens (tertiary/aromatic N) is 2. The second-order valence-electron chi connectivity index (χ2n) is 5.16. The maximum atomic E-state index is 5.61. The Kier molecular flexibility index (Phi) is 3.28. The van der Waals surface area contributed by atoms with Crippen LogP contribution in [0.1, 0.15) is 25.5 Å². The number of rotatable bonds is 2. The van der Waals surface area contributed by atoms with Gasteiger partial charge in [-0.25, -0.2) is 0 Å². The highest BCUT2D eigenvalue weighted by Crippen LogP contribution is 2.28. The lowest BCUT2D eigenvalue weighted by molar-refractivity contribution is 0.0424. The van der Waals surface area contributed by atoms with Crippen molar-refractivity contribution >= 4 is 15.9 Å². The van der Waals surface area contributed by atoms with Crippen LogP contribution in [0.2, 0.25) is 0 Å². The van der Waals surface area contributed by atoms with Crippen LogP contribution in [0.25, 0.3) is 0 Å². The Morgan fingerprint density at radius 1 is 1.35 bits per heavy atom. The Labute approximate surface area is 111 Å². The molecule has 0 N–H and O–H groups in total. The highest BCUT2D eigenvalue weighted by molar-refractivity contribution is 9.10.